The minimum atomic E-state index is 0.308. The van der Waals surface area contributed by atoms with Gasteiger partial charge in [0.15, 0.2) is 5.13 Å². The summed E-state index contributed by atoms with van der Waals surface area (Å²) in [5.41, 5.74) is 0.308. The standard InChI is InChI=1S/C14H27N3S/c1-7-8-15-13-16-9-12(18-13)10-17(6)11(2)14(3,4)5/h9,11H,7-8,10H2,1-6H3,(H,15,16). The molecule has 3 nitrogen and oxygen atoms in total. The zero-order valence-electron chi connectivity index (χ0n) is 12.6. The van der Waals surface area contributed by atoms with Gasteiger partial charge in [-0.15, -0.1) is 11.3 Å². The van der Waals surface area contributed by atoms with Gasteiger partial charge in [0, 0.05) is 30.2 Å². The van der Waals surface area contributed by atoms with Crippen LogP contribution in [-0.4, -0.2) is 29.5 Å². The molecule has 0 aliphatic heterocycles. The molecule has 0 aromatic carbocycles. The molecule has 4 heteroatoms. The summed E-state index contributed by atoms with van der Waals surface area (Å²) in [6, 6.07) is 0.548. The molecule has 0 amide bonds. The third kappa shape index (κ3) is 4.58. The summed E-state index contributed by atoms with van der Waals surface area (Å²) in [5.74, 6) is 0. The van der Waals surface area contributed by atoms with E-state index >= 15 is 0 Å². The van der Waals surface area contributed by atoms with E-state index in [-0.39, 0.29) is 0 Å². The molecule has 0 bridgehead atoms. The van der Waals surface area contributed by atoms with Crippen molar-refractivity contribution in [2.45, 2.75) is 53.6 Å². The number of rotatable bonds is 6. The van der Waals surface area contributed by atoms with Crippen molar-refractivity contribution >= 4 is 16.5 Å². The molecule has 0 saturated heterocycles. The zero-order valence-corrected chi connectivity index (χ0v) is 13.4. The highest BCUT2D eigenvalue weighted by molar-refractivity contribution is 7.15. The smallest absolute Gasteiger partial charge is 0.182 e. The average Bonchev–Trinajstić information content (AvgIpc) is 2.71. The molecule has 1 rings (SSSR count). The zero-order chi connectivity index (χ0) is 13.8. The van der Waals surface area contributed by atoms with Crippen molar-refractivity contribution in [3.63, 3.8) is 0 Å². The Kier molecular flexibility index (Phi) is 5.60. The highest BCUT2D eigenvalue weighted by atomic mass is 32.1. The Morgan fingerprint density at radius 1 is 1.44 bits per heavy atom. The molecule has 18 heavy (non-hydrogen) atoms. The summed E-state index contributed by atoms with van der Waals surface area (Å²) in [5, 5.41) is 4.38. The van der Waals surface area contributed by atoms with Gasteiger partial charge in [0.2, 0.25) is 0 Å². The molecule has 1 N–H and O–H groups in total. The molecular formula is C14H27N3S. The van der Waals surface area contributed by atoms with Crippen LogP contribution in [0.5, 0.6) is 0 Å². The summed E-state index contributed by atoms with van der Waals surface area (Å²) in [6.45, 7) is 13.3. The van der Waals surface area contributed by atoms with Crippen LogP contribution < -0.4 is 5.32 Å². The molecule has 1 aromatic heterocycles. The summed E-state index contributed by atoms with van der Waals surface area (Å²) in [6.07, 6.45) is 3.13. The van der Waals surface area contributed by atoms with E-state index < -0.39 is 0 Å². The lowest BCUT2D eigenvalue weighted by molar-refractivity contribution is 0.135. The minimum Gasteiger partial charge on any atom is -0.362 e. The maximum Gasteiger partial charge on any atom is 0.182 e. The number of nitrogens with zero attached hydrogens (tertiary/aromatic N) is 2. The lowest BCUT2D eigenvalue weighted by Gasteiger charge is -2.35. The second kappa shape index (κ2) is 6.53. The highest BCUT2D eigenvalue weighted by Crippen LogP contribution is 2.26. The molecule has 1 heterocycles. The molecule has 0 saturated carbocycles. The first-order chi connectivity index (χ1) is 8.34. The van der Waals surface area contributed by atoms with E-state index in [0.717, 1.165) is 24.6 Å². The first kappa shape index (κ1) is 15.4. The maximum atomic E-state index is 4.41. The fourth-order valence-electron chi connectivity index (χ4n) is 1.74. The van der Waals surface area contributed by atoms with Crippen molar-refractivity contribution in [1.29, 1.82) is 0 Å². The number of hydrogen-bond donors (Lipinski definition) is 1. The Morgan fingerprint density at radius 3 is 2.67 bits per heavy atom. The highest BCUT2D eigenvalue weighted by Gasteiger charge is 2.24. The van der Waals surface area contributed by atoms with Gasteiger partial charge in [0.05, 0.1) is 0 Å². The molecule has 1 unspecified atom stereocenters. The second-order valence-corrected chi connectivity index (χ2v) is 7.13. The van der Waals surface area contributed by atoms with Crippen LogP contribution >= 0.6 is 11.3 Å². The Balaban J connectivity index is 2.54. The Bertz CT molecular complexity index is 354. The molecule has 0 aliphatic carbocycles. The van der Waals surface area contributed by atoms with Gasteiger partial charge in [-0.05, 0) is 25.8 Å². The van der Waals surface area contributed by atoms with Crippen LogP contribution in [0.15, 0.2) is 6.20 Å². The summed E-state index contributed by atoms with van der Waals surface area (Å²) in [4.78, 5) is 8.14. The normalized spacial score (nSPS) is 13.9. The lowest BCUT2D eigenvalue weighted by atomic mass is 9.87. The molecular weight excluding hydrogens is 242 g/mol. The fourth-order valence-corrected chi connectivity index (χ4v) is 2.64. The minimum absolute atomic E-state index is 0.308. The van der Waals surface area contributed by atoms with Crippen molar-refractivity contribution in [2.75, 3.05) is 18.9 Å². The van der Waals surface area contributed by atoms with Crippen LogP contribution in [0.25, 0.3) is 0 Å². The molecule has 0 radical (unpaired) electrons. The SMILES string of the molecule is CCCNc1ncc(CN(C)C(C)C(C)(C)C)s1. The van der Waals surface area contributed by atoms with E-state index in [4.69, 9.17) is 0 Å². The number of anilines is 1. The summed E-state index contributed by atoms with van der Waals surface area (Å²) < 4.78 is 0. The van der Waals surface area contributed by atoms with Crippen LogP contribution in [0, 0.1) is 5.41 Å². The third-order valence-corrected chi connectivity index (χ3v) is 4.34. The predicted octanol–water partition coefficient (Wildman–Crippen LogP) is 3.83. The quantitative estimate of drug-likeness (QED) is 0.850. The first-order valence-electron chi connectivity index (χ1n) is 6.73. The summed E-state index contributed by atoms with van der Waals surface area (Å²) >= 11 is 1.77. The van der Waals surface area contributed by atoms with Gasteiger partial charge in [-0.25, -0.2) is 4.98 Å². The third-order valence-electron chi connectivity index (χ3n) is 3.40. The van der Waals surface area contributed by atoms with Crippen LogP contribution in [0.2, 0.25) is 0 Å². The van der Waals surface area contributed by atoms with Gasteiger partial charge in [-0.3, -0.25) is 4.90 Å². The van der Waals surface area contributed by atoms with E-state index in [0.29, 0.717) is 11.5 Å². The van der Waals surface area contributed by atoms with E-state index in [9.17, 15) is 0 Å². The number of aromatic nitrogens is 1. The van der Waals surface area contributed by atoms with Crippen LogP contribution in [0.1, 0.15) is 45.9 Å². The Labute approximate surface area is 116 Å². The first-order valence-corrected chi connectivity index (χ1v) is 7.55. The van der Waals surface area contributed by atoms with Gasteiger partial charge in [0.25, 0.3) is 0 Å². The number of nitrogens with one attached hydrogen (secondary N) is 1. The topological polar surface area (TPSA) is 28.2 Å². The fraction of sp³-hybridized carbons (Fsp3) is 0.786. The largest absolute Gasteiger partial charge is 0.362 e. The van der Waals surface area contributed by atoms with E-state index in [1.54, 1.807) is 11.3 Å². The molecule has 0 fully saturated rings. The Morgan fingerprint density at radius 2 is 2.11 bits per heavy atom. The monoisotopic (exact) mass is 269 g/mol. The van der Waals surface area contributed by atoms with Crippen molar-refractivity contribution in [2.24, 2.45) is 5.41 Å². The van der Waals surface area contributed by atoms with Gasteiger partial charge in [0.1, 0.15) is 0 Å². The molecule has 0 aliphatic rings. The van der Waals surface area contributed by atoms with Crippen molar-refractivity contribution in [1.82, 2.24) is 9.88 Å². The van der Waals surface area contributed by atoms with E-state index in [2.05, 4.69) is 56.9 Å². The molecule has 104 valence electrons. The number of thiazole rings is 1. The second-order valence-electron chi connectivity index (χ2n) is 6.02. The van der Waals surface area contributed by atoms with Gasteiger partial charge < -0.3 is 5.32 Å². The van der Waals surface area contributed by atoms with Crippen LogP contribution in [-0.2, 0) is 6.54 Å². The van der Waals surface area contributed by atoms with Crippen molar-refractivity contribution in [3.05, 3.63) is 11.1 Å². The lowest BCUT2D eigenvalue weighted by Crippen LogP contribution is -2.38. The van der Waals surface area contributed by atoms with Crippen molar-refractivity contribution in [3.8, 4) is 0 Å². The summed E-state index contributed by atoms with van der Waals surface area (Å²) in [7, 11) is 2.19. The predicted molar refractivity (Wildman–Crippen MR) is 81.3 cm³/mol. The van der Waals surface area contributed by atoms with Gasteiger partial charge in [-0.2, -0.15) is 0 Å². The van der Waals surface area contributed by atoms with Crippen molar-refractivity contribution < 1.29 is 0 Å². The Hall–Kier alpha value is -0.610. The van der Waals surface area contributed by atoms with E-state index in [1.807, 2.05) is 6.20 Å². The average molecular weight is 269 g/mol. The number of hydrogen-bond acceptors (Lipinski definition) is 4. The van der Waals surface area contributed by atoms with E-state index in [1.165, 1.54) is 4.88 Å². The molecule has 0 spiro atoms. The van der Waals surface area contributed by atoms with Crippen LogP contribution in [0.3, 0.4) is 0 Å². The molecule has 1 aromatic rings. The van der Waals surface area contributed by atoms with Gasteiger partial charge >= 0.3 is 0 Å². The maximum absolute atomic E-state index is 4.41. The van der Waals surface area contributed by atoms with Gasteiger partial charge in [-0.1, -0.05) is 27.7 Å². The van der Waals surface area contributed by atoms with Crippen LogP contribution in [0.4, 0.5) is 5.13 Å². The molecule has 1 atom stereocenters.